The third kappa shape index (κ3) is 8.49. The highest BCUT2D eigenvalue weighted by atomic mass is 32.2. The molecule has 4 amide bonds. The number of sulfonamides is 2. The van der Waals surface area contributed by atoms with Gasteiger partial charge in [0.25, 0.3) is 0 Å². The van der Waals surface area contributed by atoms with Gasteiger partial charge in [-0.25, -0.2) is 35.9 Å². The number of benzene rings is 2. The van der Waals surface area contributed by atoms with Crippen LogP contribution in [0.5, 0.6) is 11.5 Å². The zero-order chi connectivity index (χ0) is 21.7. The summed E-state index contributed by atoms with van der Waals surface area (Å²) in [6.07, 6.45) is 1.73. The number of urea groups is 2. The first-order valence-corrected chi connectivity index (χ1v) is 11.6. The zero-order valence-corrected chi connectivity index (χ0v) is 16.9. The number of carbonyl (C=O) groups excluding carboxylic acids is 2. The largest absolute Gasteiger partial charge is 0.457 e. The van der Waals surface area contributed by atoms with Crippen LogP contribution in [0.3, 0.4) is 0 Å². The maximum absolute atomic E-state index is 11.5. The molecule has 0 heterocycles. The molecule has 0 fully saturated rings. The second-order valence-corrected chi connectivity index (χ2v) is 9.30. The Kier molecular flexibility index (Phi) is 6.66. The maximum Gasteiger partial charge on any atom is 0.332 e. The molecular weight excluding hydrogens is 424 g/mol. The molecular formula is C16H18N4O7S2. The fraction of sp³-hybridized carbons (Fsp3) is 0.125. The Morgan fingerprint density at radius 2 is 0.966 bits per heavy atom. The molecule has 156 valence electrons. The van der Waals surface area contributed by atoms with Crippen LogP contribution in [-0.2, 0) is 20.0 Å². The molecule has 2 rings (SSSR count). The van der Waals surface area contributed by atoms with Crippen LogP contribution in [0.2, 0.25) is 0 Å². The molecule has 13 heteroatoms. The van der Waals surface area contributed by atoms with Crippen LogP contribution in [0, 0.1) is 0 Å². The Hall–Kier alpha value is -3.32. The van der Waals surface area contributed by atoms with Crippen LogP contribution in [0.15, 0.2) is 48.5 Å². The van der Waals surface area contributed by atoms with Gasteiger partial charge in [-0.3, -0.25) is 0 Å². The molecule has 29 heavy (non-hydrogen) atoms. The summed E-state index contributed by atoms with van der Waals surface area (Å²) in [4.78, 5) is 23.0. The van der Waals surface area contributed by atoms with Crippen molar-refractivity contribution in [1.82, 2.24) is 9.44 Å². The Bertz CT molecular complexity index is 1010. The van der Waals surface area contributed by atoms with Crippen molar-refractivity contribution < 1.29 is 31.2 Å². The number of anilines is 2. The Labute approximate surface area is 167 Å². The SMILES string of the molecule is CS(=O)(=O)NC(=O)Nc1ccc(Oc2ccc(NC(=O)NS(C)(=O)=O)cc2)cc1. The summed E-state index contributed by atoms with van der Waals surface area (Å²) >= 11 is 0. The molecule has 11 nitrogen and oxygen atoms in total. The average Bonchev–Trinajstić information content (AvgIpc) is 2.55. The molecule has 0 unspecified atom stereocenters. The topological polar surface area (TPSA) is 160 Å². The molecule has 0 atom stereocenters. The van der Waals surface area contributed by atoms with E-state index in [9.17, 15) is 26.4 Å². The van der Waals surface area contributed by atoms with Gasteiger partial charge in [-0.05, 0) is 48.5 Å². The molecule has 0 saturated heterocycles. The van der Waals surface area contributed by atoms with Crippen LogP contribution < -0.4 is 24.8 Å². The number of ether oxygens (including phenoxy) is 1. The zero-order valence-electron chi connectivity index (χ0n) is 15.3. The Balaban J connectivity index is 1.93. The number of nitrogens with one attached hydrogen (secondary N) is 4. The van der Waals surface area contributed by atoms with E-state index in [-0.39, 0.29) is 0 Å². The van der Waals surface area contributed by atoms with Crippen LogP contribution in [0.25, 0.3) is 0 Å². The van der Waals surface area contributed by atoms with Crippen molar-refractivity contribution in [3.05, 3.63) is 48.5 Å². The molecule has 0 radical (unpaired) electrons. The number of amides is 4. The van der Waals surface area contributed by atoms with E-state index in [0.29, 0.717) is 22.9 Å². The lowest BCUT2D eigenvalue weighted by molar-refractivity contribution is 0.255. The van der Waals surface area contributed by atoms with Gasteiger partial charge >= 0.3 is 12.1 Å². The van der Waals surface area contributed by atoms with E-state index >= 15 is 0 Å². The summed E-state index contributed by atoms with van der Waals surface area (Å²) in [6, 6.07) is 10.5. The van der Waals surface area contributed by atoms with Crippen molar-refractivity contribution in [2.24, 2.45) is 0 Å². The standard InChI is InChI=1S/C16H18N4O7S2/c1-28(23,24)19-15(21)17-11-3-7-13(8-4-11)27-14-9-5-12(6-10-14)18-16(22)20-29(2,25)26/h3-10H,1-2H3,(H2,17,19,21)(H2,18,20,22). The molecule has 2 aromatic rings. The van der Waals surface area contributed by atoms with Crippen molar-refractivity contribution in [2.45, 2.75) is 0 Å². The van der Waals surface area contributed by atoms with Crippen molar-refractivity contribution in [3.8, 4) is 11.5 Å². The van der Waals surface area contributed by atoms with E-state index in [2.05, 4.69) is 10.6 Å². The highest BCUT2D eigenvalue weighted by Crippen LogP contribution is 2.24. The van der Waals surface area contributed by atoms with Gasteiger partial charge in [0.2, 0.25) is 20.0 Å². The second kappa shape index (κ2) is 8.79. The summed E-state index contributed by atoms with van der Waals surface area (Å²) in [5, 5.41) is 4.72. The number of carbonyl (C=O) groups is 2. The molecule has 0 saturated carbocycles. The van der Waals surface area contributed by atoms with Crippen molar-refractivity contribution in [1.29, 1.82) is 0 Å². The minimum atomic E-state index is -3.66. The predicted octanol–water partition coefficient (Wildman–Crippen LogP) is 1.64. The smallest absolute Gasteiger partial charge is 0.332 e. The maximum atomic E-state index is 11.5. The van der Waals surface area contributed by atoms with E-state index in [4.69, 9.17) is 4.74 Å². The first-order chi connectivity index (χ1) is 13.4. The minimum Gasteiger partial charge on any atom is -0.457 e. The molecule has 4 N–H and O–H groups in total. The van der Waals surface area contributed by atoms with Crippen LogP contribution in [0.4, 0.5) is 21.0 Å². The second-order valence-electron chi connectivity index (χ2n) is 5.81. The van der Waals surface area contributed by atoms with E-state index in [1.165, 1.54) is 24.3 Å². The van der Waals surface area contributed by atoms with Gasteiger partial charge in [0.05, 0.1) is 12.5 Å². The quantitative estimate of drug-likeness (QED) is 0.529. The van der Waals surface area contributed by atoms with Gasteiger partial charge in [-0.15, -0.1) is 0 Å². The van der Waals surface area contributed by atoms with E-state index in [1.807, 2.05) is 0 Å². The fourth-order valence-corrected chi connectivity index (χ4v) is 2.77. The molecule has 2 aromatic carbocycles. The normalized spacial score (nSPS) is 11.2. The van der Waals surface area contributed by atoms with Gasteiger partial charge in [0.15, 0.2) is 0 Å². The van der Waals surface area contributed by atoms with Gasteiger partial charge in [0, 0.05) is 11.4 Å². The van der Waals surface area contributed by atoms with Crippen molar-refractivity contribution >= 4 is 43.5 Å². The van der Waals surface area contributed by atoms with Gasteiger partial charge < -0.3 is 15.4 Å². The summed E-state index contributed by atoms with van der Waals surface area (Å²) in [5.41, 5.74) is 0.713. The molecule has 0 aliphatic heterocycles. The molecule has 0 bridgehead atoms. The first kappa shape index (κ1) is 22.0. The fourth-order valence-electron chi connectivity index (χ4n) is 2.00. The van der Waals surface area contributed by atoms with E-state index in [0.717, 1.165) is 12.5 Å². The van der Waals surface area contributed by atoms with Crippen molar-refractivity contribution in [3.63, 3.8) is 0 Å². The van der Waals surface area contributed by atoms with Gasteiger partial charge in [-0.1, -0.05) is 0 Å². The number of hydrogen-bond acceptors (Lipinski definition) is 7. The van der Waals surface area contributed by atoms with E-state index in [1.54, 1.807) is 33.7 Å². The lowest BCUT2D eigenvalue weighted by atomic mass is 10.3. The molecule has 0 aliphatic rings. The minimum absolute atomic E-state index is 0.356. The predicted molar refractivity (Wildman–Crippen MR) is 107 cm³/mol. The lowest BCUT2D eigenvalue weighted by Crippen LogP contribution is -2.33. The third-order valence-corrected chi connectivity index (χ3v) is 4.13. The van der Waals surface area contributed by atoms with Gasteiger partial charge in [-0.2, -0.15) is 0 Å². The summed E-state index contributed by atoms with van der Waals surface area (Å²) < 4.78 is 53.1. The highest BCUT2D eigenvalue weighted by molar-refractivity contribution is 7.89. The number of hydrogen-bond donors (Lipinski definition) is 4. The molecule has 0 aliphatic carbocycles. The summed E-state index contributed by atoms with van der Waals surface area (Å²) in [7, 11) is -7.32. The lowest BCUT2D eigenvalue weighted by Gasteiger charge is -2.10. The van der Waals surface area contributed by atoms with E-state index < -0.39 is 32.1 Å². The van der Waals surface area contributed by atoms with Crippen LogP contribution in [-0.4, -0.2) is 41.4 Å². The van der Waals surface area contributed by atoms with Gasteiger partial charge in [0.1, 0.15) is 11.5 Å². The summed E-state index contributed by atoms with van der Waals surface area (Å²) in [5.74, 6) is 0.879. The first-order valence-electron chi connectivity index (χ1n) is 7.85. The average molecular weight is 442 g/mol. The third-order valence-electron chi connectivity index (χ3n) is 3.02. The summed E-state index contributed by atoms with van der Waals surface area (Å²) in [6.45, 7) is 0. The molecule has 0 aromatic heterocycles. The van der Waals surface area contributed by atoms with Crippen LogP contribution in [0.1, 0.15) is 0 Å². The van der Waals surface area contributed by atoms with Crippen molar-refractivity contribution in [2.75, 3.05) is 23.1 Å². The Morgan fingerprint density at radius 1 is 0.655 bits per heavy atom. The molecule has 0 spiro atoms. The monoisotopic (exact) mass is 442 g/mol. The highest BCUT2D eigenvalue weighted by Gasteiger charge is 2.09. The van der Waals surface area contributed by atoms with Crippen LogP contribution >= 0.6 is 0 Å². The number of rotatable bonds is 6. The Morgan fingerprint density at radius 3 is 1.24 bits per heavy atom.